The van der Waals surface area contributed by atoms with Gasteiger partial charge < -0.3 is 14.9 Å². The van der Waals surface area contributed by atoms with E-state index >= 15 is 0 Å². The molecule has 1 aromatic rings. The predicted octanol–water partition coefficient (Wildman–Crippen LogP) is 0.607. The van der Waals surface area contributed by atoms with Gasteiger partial charge in [-0.3, -0.25) is 4.79 Å². The third-order valence-electron chi connectivity index (χ3n) is 2.12. The molecule has 0 radical (unpaired) electrons. The van der Waals surface area contributed by atoms with Gasteiger partial charge in [0.1, 0.15) is 6.04 Å². The zero-order valence-electron chi connectivity index (χ0n) is 10.1. The van der Waals surface area contributed by atoms with E-state index in [4.69, 9.17) is 5.11 Å². The SMILES string of the molecule is Cc1nc(C(=O)N[C@H](C(=O)O)C(C)(C)C)no1. The van der Waals surface area contributed by atoms with E-state index in [-0.39, 0.29) is 11.7 Å². The third kappa shape index (κ3) is 3.27. The van der Waals surface area contributed by atoms with Crippen molar-refractivity contribution in [3.8, 4) is 0 Å². The molecule has 1 heterocycles. The van der Waals surface area contributed by atoms with Crippen LogP contribution in [0.15, 0.2) is 4.52 Å². The van der Waals surface area contributed by atoms with Gasteiger partial charge in [-0.05, 0) is 5.41 Å². The van der Waals surface area contributed by atoms with Crippen molar-refractivity contribution in [1.29, 1.82) is 0 Å². The van der Waals surface area contributed by atoms with Crippen LogP contribution in [0.4, 0.5) is 0 Å². The molecule has 1 atom stereocenters. The number of nitrogens with zero attached hydrogens (tertiary/aromatic N) is 2. The van der Waals surface area contributed by atoms with Gasteiger partial charge in [-0.1, -0.05) is 25.9 Å². The number of hydrogen-bond donors (Lipinski definition) is 2. The summed E-state index contributed by atoms with van der Waals surface area (Å²) >= 11 is 0. The first-order valence-corrected chi connectivity index (χ1v) is 5.06. The molecule has 0 spiro atoms. The van der Waals surface area contributed by atoms with Gasteiger partial charge in [-0.15, -0.1) is 0 Å². The molecule has 17 heavy (non-hydrogen) atoms. The van der Waals surface area contributed by atoms with Gasteiger partial charge >= 0.3 is 5.97 Å². The van der Waals surface area contributed by atoms with Crippen LogP contribution in [0.5, 0.6) is 0 Å². The van der Waals surface area contributed by atoms with Gasteiger partial charge in [-0.25, -0.2) is 4.79 Å². The summed E-state index contributed by atoms with van der Waals surface area (Å²) in [5.74, 6) is -1.69. The van der Waals surface area contributed by atoms with Gasteiger partial charge in [0.05, 0.1) is 0 Å². The first-order valence-electron chi connectivity index (χ1n) is 5.06. The lowest BCUT2D eigenvalue weighted by Crippen LogP contribution is -2.49. The minimum Gasteiger partial charge on any atom is -0.480 e. The minimum atomic E-state index is -1.11. The Hall–Kier alpha value is -1.92. The van der Waals surface area contributed by atoms with E-state index < -0.39 is 23.3 Å². The summed E-state index contributed by atoms with van der Waals surface area (Å²) in [6.45, 7) is 6.69. The molecule has 1 aromatic heterocycles. The zero-order valence-corrected chi connectivity index (χ0v) is 10.1. The Bertz CT molecular complexity index is 433. The van der Waals surface area contributed by atoms with Crippen molar-refractivity contribution in [1.82, 2.24) is 15.5 Å². The van der Waals surface area contributed by atoms with E-state index in [2.05, 4.69) is 20.0 Å². The van der Waals surface area contributed by atoms with Crippen LogP contribution >= 0.6 is 0 Å². The summed E-state index contributed by atoms with van der Waals surface area (Å²) in [5, 5.41) is 14.8. The van der Waals surface area contributed by atoms with Gasteiger partial charge in [0.15, 0.2) is 0 Å². The number of rotatable bonds is 3. The molecule has 0 aromatic carbocycles. The number of aryl methyl sites for hydroxylation is 1. The third-order valence-corrected chi connectivity index (χ3v) is 2.12. The summed E-state index contributed by atoms with van der Waals surface area (Å²) in [4.78, 5) is 26.4. The molecular formula is C10H15N3O4. The molecule has 0 saturated carbocycles. The average molecular weight is 241 g/mol. The topological polar surface area (TPSA) is 105 Å². The van der Waals surface area contributed by atoms with E-state index in [9.17, 15) is 9.59 Å². The Balaban J connectivity index is 2.82. The Morgan fingerprint density at radius 3 is 2.35 bits per heavy atom. The second kappa shape index (κ2) is 4.52. The number of carbonyl (C=O) groups is 2. The van der Waals surface area contributed by atoms with Crippen LogP contribution in [0.3, 0.4) is 0 Å². The second-order valence-electron chi connectivity index (χ2n) is 4.75. The molecule has 1 amide bonds. The number of nitrogens with one attached hydrogen (secondary N) is 1. The fraction of sp³-hybridized carbons (Fsp3) is 0.600. The van der Waals surface area contributed by atoms with Crippen molar-refractivity contribution >= 4 is 11.9 Å². The number of carboxylic acid groups (broad SMARTS) is 1. The van der Waals surface area contributed by atoms with Crippen molar-refractivity contribution in [3.05, 3.63) is 11.7 Å². The van der Waals surface area contributed by atoms with Gasteiger partial charge in [0, 0.05) is 6.92 Å². The zero-order chi connectivity index (χ0) is 13.2. The second-order valence-corrected chi connectivity index (χ2v) is 4.75. The van der Waals surface area contributed by atoms with Crippen molar-refractivity contribution in [2.45, 2.75) is 33.7 Å². The number of amides is 1. The Labute approximate surface area is 98.2 Å². The van der Waals surface area contributed by atoms with Crippen LogP contribution in [0.1, 0.15) is 37.3 Å². The molecule has 2 N–H and O–H groups in total. The summed E-state index contributed by atoms with van der Waals surface area (Å²) in [6, 6.07) is -1.02. The largest absolute Gasteiger partial charge is 0.480 e. The monoisotopic (exact) mass is 241 g/mol. The molecule has 0 bridgehead atoms. The van der Waals surface area contributed by atoms with Gasteiger partial charge in [0.25, 0.3) is 11.7 Å². The van der Waals surface area contributed by atoms with E-state index in [0.29, 0.717) is 0 Å². The molecular weight excluding hydrogens is 226 g/mol. The van der Waals surface area contributed by atoms with Crippen molar-refractivity contribution in [2.24, 2.45) is 5.41 Å². The fourth-order valence-corrected chi connectivity index (χ4v) is 1.24. The number of carboxylic acids is 1. The molecule has 7 heteroatoms. The van der Waals surface area contributed by atoms with E-state index in [1.165, 1.54) is 0 Å². The molecule has 94 valence electrons. The van der Waals surface area contributed by atoms with Crippen LogP contribution in [-0.2, 0) is 4.79 Å². The molecule has 0 aliphatic carbocycles. The summed E-state index contributed by atoms with van der Waals surface area (Å²) in [6.07, 6.45) is 0. The highest BCUT2D eigenvalue weighted by molar-refractivity contribution is 5.93. The molecule has 0 aliphatic heterocycles. The Kier molecular flexibility index (Phi) is 3.50. The maximum Gasteiger partial charge on any atom is 0.326 e. The van der Waals surface area contributed by atoms with Crippen LogP contribution in [0.25, 0.3) is 0 Å². The summed E-state index contributed by atoms with van der Waals surface area (Å²) in [5.41, 5.74) is -0.611. The number of aliphatic carboxylic acids is 1. The van der Waals surface area contributed by atoms with Crippen LogP contribution < -0.4 is 5.32 Å². The summed E-state index contributed by atoms with van der Waals surface area (Å²) < 4.78 is 4.64. The van der Waals surface area contributed by atoms with Crippen molar-refractivity contribution < 1.29 is 19.2 Å². The summed E-state index contributed by atoms with van der Waals surface area (Å²) in [7, 11) is 0. The Morgan fingerprint density at radius 1 is 1.41 bits per heavy atom. The lowest BCUT2D eigenvalue weighted by atomic mass is 9.87. The number of aromatic nitrogens is 2. The fourth-order valence-electron chi connectivity index (χ4n) is 1.24. The molecule has 7 nitrogen and oxygen atoms in total. The predicted molar refractivity (Wildman–Crippen MR) is 57.4 cm³/mol. The molecule has 0 aliphatic rings. The van der Waals surface area contributed by atoms with Crippen molar-refractivity contribution in [2.75, 3.05) is 0 Å². The standard InChI is InChI=1S/C10H15N3O4/c1-5-11-7(13-17-5)8(14)12-6(9(15)16)10(2,3)4/h6H,1-4H3,(H,12,14)(H,15,16)/t6-/m1/s1. The van der Waals surface area contributed by atoms with E-state index in [1.807, 2.05) is 0 Å². The molecule has 0 fully saturated rings. The number of carbonyl (C=O) groups excluding carboxylic acids is 1. The highest BCUT2D eigenvalue weighted by atomic mass is 16.5. The van der Waals surface area contributed by atoms with E-state index in [1.54, 1.807) is 27.7 Å². The highest BCUT2D eigenvalue weighted by Crippen LogP contribution is 2.19. The molecule has 1 rings (SSSR count). The van der Waals surface area contributed by atoms with E-state index in [0.717, 1.165) is 0 Å². The average Bonchev–Trinajstić information content (AvgIpc) is 2.58. The van der Waals surface area contributed by atoms with Crippen LogP contribution in [0, 0.1) is 12.3 Å². The molecule has 0 saturated heterocycles. The van der Waals surface area contributed by atoms with Crippen LogP contribution in [-0.4, -0.2) is 33.2 Å². The lowest BCUT2D eigenvalue weighted by Gasteiger charge is -2.27. The normalized spacial score (nSPS) is 13.2. The first-order chi connectivity index (χ1) is 7.71. The maximum atomic E-state index is 11.7. The maximum absolute atomic E-state index is 11.7. The first kappa shape index (κ1) is 13.1. The highest BCUT2D eigenvalue weighted by Gasteiger charge is 2.33. The van der Waals surface area contributed by atoms with Gasteiger partial charge in [0.2, 0.25) is 5.89 Å². The van der Waals surface area contributed by atoms with Crippen LogP contribution in [0.2, 0.25) is 0 Å². The Morgan fingerprint density at radius 2 is 2.00 bits per heavy atom. The lowest BCUT2D eigenvalue weighted by molar-refractivity contribution is -0.142. The molecule has 0 unspecified atom stereocenters. The quantitative estimate of drug-likeness (QED) is 0.803. The number of hydrogen-bond acceptors (Lipinski definition) is 5. The van der Waals surface area contributed by atoms with Gasteiger partial charge in [-0.2, -0.15) is 4.98 Å². The minimum absolute atomic E-state index is 0.169. The smallest absolute Gasteiger partial charge is 0.326 e. The van der Waals surface area contributed by atoms with Crippen molar-refractivity contribution in [3.63, 3.8) is 0 Å².